The molecule has 1 fully saturated rings. The number of aliphatic carboxylic acids is 1. The minimum atomic E-state index is -0.833. The summed E-state index contributed by atoms with van der Waals surface area (Å²) < 4.78 is 18.1. The molecule has 0 aliphatic carbocycles. The molecule has 0 amide bonds. The molecule has 1 aliphatic rings. The molecule has 2 aromatic rings. The van der Waals surface area contributed by atoms with E-state index in [2.05, 4.69) is 10.5 Å². The second-order valence-corrected chi connectivity index (χ2v) is 5.84. The van der Waals surface area contributed by atoms with Gasteiger partial charge >= 0.3 is 0 Å². The number of nitrogens with one attached hydrogen (secondary N) is 2. The number of carboxylic acids is 1. The van der Waals surface area contributed by atoms with E-state index in [9.17, 15) is 9.18 Å². The summed E-state index contributed by atoms with van der Waals surface area (Å²) in [6, 6.07) is 8.46. The number of hydrogen-bond acceptors (Lipinski definition) is 4. The van der Waals surface area contributed by atoms with Gasteiger partial charge in [-0.05, 0) is 43.5 Å². The summed E-state index contributed by atoms with van der Waals surface area (Å²) >= 11 is 0. The fraction of sp³-hybridized carbons (Fsp3) is 0.412. The van der Waals surface area contributed by atoms with Crippen LogP contribution in [0.5, 0.6) is 0 Å². The summed E-state index contributed by atoms with van der Waals surface area (Å²) in [5.41, 5.74) is 0.925. The zero-order chi connectivity index (χ0) is 17.5. The maximum atomic E-state index is 12.9. The van der Waals surface area contributed by atoms with Crippen LogP contribution in [0.2, 0.25) is 0 Å². The molecule has 1 saturated heterocycles. The standard InChI is InChI=1S/C15H17FN2O2.C2H4O2/c16-12-3-1-10(2-4-12)7-13-8-11(5-6-17-13)14-9-15(19)18-20-14;1-2(3)4/h1-4,9,11,13,17H,5-8H2,(H,18,19);1H3,(H,3,4)/t11-,13+;/m1./s1. The van der Waals surface area contributed by atoms with E-state index in [0.717, 1.165) is 44.1 Å². The third-order valence-electron chi connectivity index (χ3n) is 3.84. The molecule has 0 unspecified atom stereocenters. The number of benzene rings is 1. The van der Waals surface area contributed by atoms with Gasteiger partial charge in [0.25, 0.3) is 11.5 Å². The average Bonchev–Trinajstić information content (AvgIpc) is 2.96. The SMILES string of the molecule is CC(=O)O.O=c1cc([C@@H]2CCN[C@@H](Cc3ccc(F)cc3)C2)o[nH]1. The van der Waals surface area contributed by atoms with E-state index in [0.29, 0.717) is 6.04 Å². The van der Waals surface area contributed by atoms with Crippen molar-refractivity contribution in [1.29, 1.82) is 0 Å². The molecule has 2 heterocycles. The molecule has 0 spiro atoms. The van der Waals surface area contributed by atoms with Gasteiger partial charge in [-0.2, -0.15) is 5.16 Å². The number of halogens is 1. The molecule has 3 N–H and O–H groups in total. The Morgan fingerprint density at radius 2 is 2.04 bits per heavy atom. The van der Waals surface area contributed by atoms with E-state index < -0.39 is 5.97 Å². The summed E-state index contributed by atoms with van der Waals surface area (Å²) in [4.78, 5) is 20.1. The van der Waals surface area contributed by atoms with Crippen LogP contribution in [-0.2, 0) is 11.2 Å². The van der Waals surface area contributed by atoms with Crippen LogP contribution < -0.4 is 10.9 Å². The van der Waals surface area contributed by atoms with Gasteiger partial charge in [-0.3, -0.25) is 9.59 Å². The molecule has 6 nitrogen and oxygen atoms in total. The number of piperidine rings is 1. The summed E-state index contributed by atoms with van der Waals surface area (Å²) in [5.74, 6) is -0.0430. The zero-order valence-electron chi connectivity index (χ0n) is 13.4. The van der Waals surface area contributed by atoms with Gasteiger partial charge in [0.15, 0.2) is 0 Å². The van der Waals surface area contributed by atoms with Crippen molar-refractivity contribution >= 4 is 5.97 Å². The maximum Gasteiger partial charge on any atom is 0.300 e. The van der Waals surface area contributed by atoms with Gasteiger partial charge in [0.2, 0.25) is 0 Å². The predicted molar refractivity (Wildman–Crippen MR) is 86.5 cm³/mol. The number of carbonyl (C=O) groups is 1. The Hall–Kier alpha value is -2.41. The van der Waals surface area contributed by atoms with Crippen molar-refractivity contribution in [2.24, 2.45) is 0 Å². The Kier molecular flexibility index (Phi) is 6.31. The lowest BCUT2D eigenvalue weighted by molar-refractivity contribution is -0.134. The van der Waals surface area contributed by atoms with Gasteiger partial charge in [0, 0.05) is 24.9 Å². The molecule has 2 atom stereocenters. The number of hydrogen-bond donors (Lipinski definition) is 3. The maximum absolute atomic E-state index is 12.9. The molecule has 1 aliphatic heterocycles. The first-order chi connectivity index (χ1) is 11.4. The first-order valence-electron chi connectivity index (χ1n) is 7.80. The van der Waals surface area contributed by atoms with Crippen LogP contribution in [0.25, 0.3) is 0 Å². The first-order valence-corrected chi connectivity index (χ1v) is 7.80. The Bertz CT molecular complexity index is 704. The van der Waals surface area contributed by atoms with Crippen molar-refractivity contribution < 1.29 is 18.8 Å². The number of aromatic amines is 1. The fourth-order valence-electron chi connectivity index (χ4n) is 2.82. The van der Waals surface area contributed by atoms with Gasteiger partial charge in [0.05, 0.1) is 0 Å². The summed E-state index contributed by atoms with van der Waals surface area (Å²) in [7, 11) is 0. The summed E-state index contributed by atoms with van der Waals surface area (Å²) in [5, 5.41) is 13.2. The van der Waals surface area contributed by atoms with Crippen LogP contribution in [0.15, 0.2) is 39.6 Å². The molecule has 24 heavy (non-hydrogen) atoms. The molecule has 1 aromatic heterocycles. The van der Waals surface area contributed by atoms with Gasteiger partial charge in [-0.1, -0.05) is 12.1 Å². The minimum Gasteiger partial charge on any atom is -0.481 e. The van der Waals surface area contributed by atoms with E-state index in [1.54, 1.807) is 0 Å². The third kappa shape index (κ3) is 5.66. The summed E-state index contributed by atoms with van der Waals surface area (Å²) in [6.07, 6.45) is 2.73. The van der Waals surface area contributed by atoms with Crippen LogP contribution in [-0.4, -0.2) is 28.8 Å². The van der Waals surface area contributed by atoms with Crippen molar-refractivity contribution in [2.75, 3.05) is 6.54 Å². The molecule has 0 saturated carbocycles. The van der Waals surface area contributed by atoms with Gasteiger partial charge < -0.3 is 14.9 Å². The number of aromatic nitrogens is 1. The third-order valence-corrected chi connectivity index (χ3v) is 3.84. The van der Waals surface area contributed by atoms with Crippen molar-refractivity contribution in [1.82, 2.24) is 10.5 Å². The molecule has 0 radical (unpaired) electrons. The Balaban J connectivity index is 0.000000471. The largest absolute Gasteiger partial charge is 0.481 e. The highest BCUT2D eigenvalue weighted by molar-refractivity contribution is 5.62. The number of rotatable bonds is 3. The van der Waals surface area contributed by atoms with Crippen molar-refractivity contribution in [3.63, 3.8) is 0 Å². The van der Waals surface area contributed by atoms with Gasteiger partial charge in [-0.25, -0.2) is 4.39 Å². The second-order valence-electron chi connectivity index (χ2n) is 5.84. The van der Waals surface area contributed by atoms with E-state index in [4.69, 9.17) is 14.4 Å². The molecule has 1 aromatic carbocycles. The molecular formula is C17H21FN2O4. The highest BCUT2D eigenvalue weighted by atomic mass is 19.1. The molecule has 130 valence electrons. The van der Waals surface area contributed by atoms with Gasteiger partial charge in [0.1, 0.15) is 11.6 Å². The van der Waals surface area contributed by atoms with Crippen molar-refractivity contribution in [2.45, 2.75) is 38.1 Å². The smallest absolute Gasteiger partial charge is 0.300 e. The highest BCUT2D eigenvalue weighted by Gasteiger charge is 2.25. The first kappa shape index (κ1) is 17.9. The Morgan fingerprint density at radius 3 is 2.62 bits per heavy atom. The van der Waals surface area contributed by atoms with Gasteiger partial charge in [-0.15, -0.1) is 0 Å². The Morgan fingerprint density at radius 1 is 1.38 bits per heavy atom. The molecular weight excluding hydrogens is 315 g/mol. The van der Waals surface area contributed by atoms with Crippen LogP contribution in [0.4, 0.5) is 4.39 Å². The quantitative estimate of drug-likeness (QED) is 0.799. The lowest BCUT2D eigenvalue weighted by Gasteiger charge is -2.29. The van der Waals surface area contributed by atoms with Crippen molar-refractivity contribution in [3.8, 4) is 0 Å². The topological polar surface area (TPSA) is 95.3 Å². The van der Waals surface area contributed by atoms with Crippen LogP contribution in [0.3, 0.4) is 0 Å². The monoisotopic (exact) mass is 336 g/mol. The molecule has 7 heteroatoms. The van der Waals surface area contributed by atoms with E-state index >= 15 is 0 Å². The van der Waals surface area contributed by atoms with E-state index in [1.165, 1.54) is 18.2 Å². The molecule has 3 rings (SSSR count). The van der Waals surface area contributed by atoms with E-state index in [1.807, 2.05) is 12.1 Å². The molecule has 0 bridgehead atoms. The van der Waals surface area contributed by atoms with Crippen LogP contribution >= 0.6 is 0 Å². The fourth-order valence-corrected chi connectivity index (χ4v) is 2.82. The zero-order valence-corrected chi connectivity index (χ0v) is 13.4. The minimum absolute atomic E-state index is 0.186. The lowest BCUT2D eigenvalue weighted by Crippen LogP contribution is -2.38. The summed E-state index contributed by atoms with van der Waals surface area (Å²) in [6.45, 7) is 1.98. The van der Waals surface area contributed by atoms with Crippen LogP contribution in [0.1, 0.15) is 37.0 Å². The lowest BCUT2D eigenvalue weighted by atomic mass is 9.87. The second kappa shape index (κ2) is 8.44. The van der Waals surface area contributed by atoms with Crippen molar-refractivity contribution in [3.05, 3.63) is 57.8 Å². The highest BCUT2D eigenvalue weighted by Crippen LogP contribution is 2.27. The predicted octanol–water partition coefficient (Wildman–Crippen LogP) is 2.28. The Labute approximate surface area is 138 Å². The number of carboxylic acid groups (broad SMARTS) is 1. The number of H-pyrrole nitrogens is 1. The average molecular weight is 336 g/mol. The van der Waals surface area contributed by atoms with E-state index in [-0.39, 0.29) is 17.3 Å². The normalized spacial score (nSPS) is 20.1. The van der Waals surface area contributed by atoms with Crippen LogP contribution in [0, 0.1) is 5.82 Å².